The third-order valence-corrected chi connectivity index (χ3v) is 2.77. The van der Waals surface area contributed by atoms with E-state index < -0.39 is 0 Å². The summed E-state index contributed by atoms with van der Waals surface area (Å²) in [5, 5.41) is 2.30. The molecule has 0 N–H and O–H groups in total. The summed E-state index contributed by atoms with van der Waals surface area (Å²) in [6.45, 7) is 6.57. The molecule has 1 aromatic heterocycles. The smallest absolute Gasteiger partial charge is 0.127 e. The first-order chi connectivity index (χ1) is 7.54. The van der Waals surface area contributed by atoms with Crippen LogP contribution in [-0.2, 0) is 5.41 Å². The highest BCUT2D eigenvalue weighted by Gasteiger charge is 2.19. The molecule has 1 heterocycles. The van der Waals surface area contributed by atoms with Crippen molar-refractivity contribution in [2.75, 3.05) is 7.11 Å². The standard InChI is InChI=1S/C14H17NO/c1-14(2,3)11-9-15-8-10-6-5-7-12(16-4)13(10)11/h5-9H,1-4H3. The average Bonchev–Trinajstić information content (AvgIpc) is 2.26. The van der Waals surface area contributed by atoms with Gasteiger partial charge in [-0.25, -0.2) is 0 Å². The van der Waals surface area contributed by atoms with Gasteiger partial charge < -0.3 is 4.74 Å². The van der Waals surface area contributed by atoms with E-state index in [9.17, 15) is 0 Å². The van der Waals surface area contributed by atoms with Crippen molar-refractivity contribution in [3.8, 4) is 5.75 Å². The number of pyridine rings is 1. The number of fused-ring (bicyclic) bond motifs is 1. The molecule has 0 radical (unpaired) electrons. The normalized spacial score (nSPS) is 11.8. The fourth-order valence-corrected chi connectivity index (χ4v) is 1.94. The highest BCUT2D eigenvalue weighted by Crippen LogP contribution is 2.34. The lowest BCUT2D eigenvalue weighted by atomic mass is 9.85. The maximum absolute atomic E-state index is 5.44. The van der Waals surface area contributed by atoms with E-state index in [1.165, 1.54) is 10.9 Å². The number of benzene rings is 1. The van der Waals surface area contributed by atoms with Crippen molar-refractivity contribution in [1.29, 1.82) is 0 Å². The number of rotatable bonds is 1. The zero-order valence-electron chi connectivity index (χ0n) is 10.2. The average molecular weight is 215 g/mol. The fraction of sp³-hybridized carbons (Fsp3) is 0.357. The topological polar surface area (TPSA) is 22.1 Å². The van der Waals surface area contributed by atoms with Crippen molar-refractivity contribution < 1.29 is 4.74 Å². The molecule has 0 aliphatic rings. The zero-order valence-corrected chi connectivity index (χ0v) is 10.2. The van der Waals surface area contributed by atoms with Crippen LogP contribution in [0.2, 0.25) is 0 Å². The Morgan fingerprint density at radius 3 is 2.50 bits per heavy atom. The van der Waals surface area contributed by atoms with Crippen LogP contribution in [-0.4, -0.2) is 12.1 Å². The van der Waals surface area contributed by atoms with Crippen LogP contribution < -0.4 is 4.74 Å². The molecule has 0 spiro atoms. The molecule has 0 aliphatic carbocycles. The van der Waals surface area contributed by atoms with Gasteiger partial charge in [-0.1, -0.05) is 32.9 Å². The molecule has 2 rings (SSSR count). The van der Waals surface area contributed by atoms with Crippen molar-refractivity contribution in [2.45, 2.75) is 26.2 Å². The zero-order chi connectivity index (χ0) is 11.8. The Morgan fingerprint density at radius 2 is 1.88 bits per heavy atom. The van der Waals surface area contributed by atoms with E-state index in [1.54, 1.807) is 7.11 Å². The summed E-state index contributed by atoms with van der Waals surface area (Å²) in [5.74, 6) is 0.921. The van der Waals surface area contributed by atoms with Crippen molar-refractivity contribution in [3.63, 3.8) is 0 Å². The SMILES string of the molecule is COc1cccc2cncc(C(C)(C)C)c12. The second-order valence-electron chi connectivity index (χ2n) is 5.00. The minimum Gasteiger partial charge on any atom is -0.496 e. The van der Waals surface area contributed by atoms with Gasteiger partial charge in [0.05, 0.1) is 7.11 Å². The molecule has 0 saturated heterocycles. The van der Waals surface area contributed by atoms with Crippen molar-refractivity contribution >= 4 is 10.8 Å². The molecule has 84 valence electrons. The van der Waals surface area contributed by atoms with Gasteiger partial charge >= 0.3 is 0 Å². The van der Waals surface area contributed by atoms with Gasteiger partial charge in [-0.3, -0.25) is 4.98 Å². The summed E-state index contributed by atoms with van der Waals surface area (Å²) in [5.41, 5.74) is 1.30. The molecular formula is C14H17NO. The minimum atomic E-state index is 0.0706. The molecule has 0 amide bonds. The van der Waals surface area contributed by atoms with E-state index in [-0.39, 0.29) is 5.41 Å². The largest absolute Gasteiger partial charge is 0.496 e. The Labute approximate surface area is 96.3 Å². The second kappa shape index (κ2) is 3.78. The van der Waals surface area contributed by atoms with Crippen LogP contribution in [0.3, 0.4) is 0 Å². The van der Waals surface area contributed by atoms with Crippen LogP contribution in [0.25, 0.3) is 10.8 Å². The van der Waals surface area contributed by atoms with Crippen LogP contribution in [0.15, 0.2) is 30.6 Å². The third kappa shape index (κ3) is 1.75. The lowest BCUT2D eigenvalue weighted by Gasteiger charge is -2.21. The molecule has 16 heavy (non-hydrogen) atoms. The van der Waals surface area contributed by atoms with Gasteiger partial charge in [0.2, 0.25) is 0 Å². The first-order valence-electron chi connectivity index (χ1n) is 5.45. The van der Waals surface area contributed by atoms with Crippen LogP contribution in [0, 0.1) is 0 Å². The summed E-state index contributed by atoms with van der Waals surface area (Å²) in [4.78, 5) is 4.30. The van der Waals surface area contributed by atoms with E-state index in [0.717, 1.165) is 11.1 Å². The van der Waals surface area contributed by atoms with Gasteiger partial charge in [0.25, 0.3) is 0 Å². The lowest BCUT2D eigenvalue weighted by molar-refractivity contribution is 0.418. The molecule has 2 aromatic rings. The Balaban J connectivity index is 2.84. The molecule has 0 unspecified atom stereocenters. The van der Waals surface area contributed by atoms with Crippen LogP contribution in [0.5, 0.6) is 5.75 Å². The predicted molar refractivity (Wildman–Crippen MR) is 67.0 cm³/mol. The molecule has 0 bridgehead atoms. The fourth-order valence-electron chi connectivity index (χ4n) is 1.94. The van der Waals surface area contributed by atoms with Crippen molar-refractivity contribution in [3.05, 3.63) is 36.2 Å². The van der Waals surface area contributed by atoms with Gasteiger partial charge in [0, 0.05) is 23.2 Å². The molecule has 2 heteroatoms. The molecule has 0 saturated carbocycles. The van der Waals surface area contributed by atoms with Gasteiger partial charge in [-0.05, 0) is 17.0 Å². The molecular weight excluding hydrogens is 198 g/mol. The summed E-state index contributed by atoms with van der Waals surface area (Å²) in [6, 6.07) is 6.06. The van der Waals surface area contributed by atoms with E-state index in [2.05, 4.69) is 31.8 Å². The van der Waals surface area contributed by atoms with Gasteiger partial charge in [0.15, 0.2) is 0 Å². The number of aromatic nitrogens is 1. The summed E-state index contributed by atoms with van der Waals surface area (Å²) in [7, 11) is 1.71. The number of methoxy groups -OCH3 is 1. The number of ether oxygens (including phenoxy) is 1. The summed E-state index contributed by atoms with van der Waals surface area (Å²) >= 11 is 0. The third-order valence-electron chi connectivity index (χ3n) is 2.77. The summed E-state index contributed by atoms with van der Waals surface area (Å²) in [6.07, 6.45) is 3.82. The second-order valence-corrected chi connectivity index (χ2v) is 5.00. The Bertz CT molecular complexity index is 506. The molecule has 0 fully saturated rings. The highest BCUT2D eigenvalue weighted by molar-refractivity contribution is 5.91. The molecule has 1 aromatic carbocycles. The molecule has 0 aliphatic heterocycles. The minimum absolute atomic E-state index is 0.0706. The van der Waals surface area contributed by atoms with Crippen LogP contribution >= 0.6 is 0 Å². The number of nitrogens with zero attached hydrogens (tertiary/aromatic N) is 1. The quantitative estimate of drug-likeness (QED) is 0.726. The van der Waals surface area contributed by atoms with E-state index in [4.69, 9.17) is 4.74 Å². The first kappa shape index (κ1) is 10.9. The Hall–Kier alpha value is -1.57. The predicted octanol–water partition coefficient (Wildman–Crippen LogP) is 3.54. The highest BCUT2D eigenvalue weighted by atomic mass is 16.5. The van der Waals surface area contributed by atoms with E-state index in [1.807, 2.05) is 24.5 Å². The van der Waals surface area contributed by atoms with Gasteiger partial charge in [-0.2, -0.15) is 0 Å². The van der Waals surface area contributed by atoms with Gasteiger partial charge in [-0.15, -0.1) is 0 Å². The maximum atomic E-state index is 5.44. The Kier molecular flexibility index (Phi) is 2.58. The number of hydrogen-bond donors (Lipinski definition) is 0. The lowest BCUT2D eigenvalue weighted by Crippen LogP contribution is -2.12. The van der Waals surface area contributed by atoms with Crippen LogP contribution in [0.1, 0.15) is 26.3 Å². The van der Waals surface area contributed by atoms with Crippen LogP contribution in [0.4, 0.5) is 0 Å². The molecule has 0 atom stereocenters. The number of hydrogen-bond acceptors (Lipinski definition) is 2. The monoisotopic (exact) mass is 215 g/mol. The van der Waals surface area contributed by atoms with E-state index in [0.29, 0.717) is 0 Å². The summed E-state index contributed by atoms with van der Waals surface area (Å²) < 4.78 is 5.44. The molecule has 2 nitrogen and oxygen atoms in total. The van der Waals surface area contributed by atoms with E-state index >= 15 is 0 Å². The van der Waals surface area contributed by atoms with Crippen molar-refractivity contribution in [1.82, 2.24) is 4.98 Å². The first-order valence-corrected chi connectivity index (χ1v) is 5.45. The van der Waals surface area contributed by atoms with Gasteiger partial charge in [0.1, 0.15) is 5.75 Å². The Morgan fingerprint density at radius 1 is 1.12 bits per heavy atom. The maximum Gasteiger partial charge on any atom is 0.127 e. The van der Waals surface area contributed by atoms with Crippen molar-refractivity contribution in [2.24, 2.45) is 0 Å².